The molecule has 4 heteroatoms. The summed E-state index contributed by atoms with van der Waals surface area (Å²) in [5.74, 6) is -0.299. The quantitative estimate of drug-likeness (QED) is 0.628. The third-order valence-corrected chi connectivity index (χ3v) is 3.45. The average molecular weight is 199 g/mol. The molecule has 80 valence electrons. The largest absolute Gasteiger partial charge is 0.468 e. The van der Waals surface area contributed by atoms with Gasteiger partial charge in [-0.2, -0.15) is 0 Å². The minimum Gasteiger partial charge on any atom is -0.468 e. The number of methoxy groups -OCH3 is 1. The Balaban J connectivity index is 2.09. The van der Waals surface area contributed by atoms with Crippen LogP contribution in [0, 0.1) is 0 Å². The standard InChI is InChI=1S/C10H17NO3/c1-13-8(12)10(11)5-6-14-9(7-10)3-2-4-9/h2-7,11H2,1H3. The van der Waals surface area contributed by atoms with Gasteiger partial charge in [0.25, 0.3) is 0 Å². The molecule has 2 N–H and O–H groups in total. The van der Waals surface area contributed by atoms with E-state index in [-0.39, 0.29) is 11.6 Å². The average Bonchev–Trinajstić information content (AvgIpc) is 2.14. The van der Waals surface area contributed by atoms with Crippen molar-refractivity contribution in [2.24, 2.45) is 5.73 Å². The third kappa shape index (κ3) is 1.42. The van der Waals surface area contributed by atoms with Gasteiger partial charge in [-0.05, 0) is 25.7 Å². The monoisotopic (exact) mass is 199 g/mol. The van der Waals surface area contributed by atoms with E-state index in [0.717, 1.165) is 12.8 Å². The van der Waals surface area contributed by atoms with Crippen LogP contribution in [0.25, 0.3) is 0 Å². The number of nitrogens with two attached hydrogens (primary N) is 1. The number of hydrogen-bond donors (Lipinski definition) is 1. The molecule has 1 aliphatic heterocycles. The lowest BCUT2D eigenvalue weighted by Gasteiger charge is -2.49. The van der Waals surface area contributed by atoms with Crippen molar-refractivity contribution in [3.05, 3.63) is 0 Å². The molecule has 0 aromatic heterocycles. The van der Waals surface area contributed by atoms with Gasteiger partial charge in [-0.1, -0.05) is 0 Å². The van der Waals surface area contributed by atoms with Crippen LogP contribution >= 0.6 is 0 Å². The van der Waals surface area contributed by atoms with Crippen molar-refractivity contribution < 1.29 is 14.3 Å². The second kappa shape index (κ2) is 3.21. The molecule has 0 radical (unpaired) electrons. The molecule has 2 aliphatic rings. The zero-order valence-electron chi connectivity index (χ0n) is 8.54. The van der Waals surface area contributed by atoms with Crippen LogP contribution in [0.5, 0.6) is 0 Å². The molecule has 2 rings (SSSR count). The minimum atomic E-state index is -0.812. The van der Waals surface area contributed by atoms with Gasteiger partial charge in [-0.25, -0.2) is 0 Å². The molecule has 1 spiro atoms. The van der Waals surface area contributed by atoms with Crippen molar-refractivity contribution in [1.82, 2.24) is 0 Å². The first-order valence-corrected chi connectivity index (χ1v) is 5.12. The predicted molar refractivity (Wildman–Crippen MR) is 50.7 cm³/mol. The Morgan fingerprint density at radius 2 is 2.14 bits per heavy atom. The molecule has 0 amide bonds. The Hall–Kier alpha value is -0.610. The molecule has 1 saturated heterocycles. The number of hydrogen-bond acceptors (Lipinski definition) is 4. The van der Waals surface area contributed by atoms with E-state index in [2.05, 4.69) is 0 Å². The fourth-order valence-corrected chi connectivity index (χ4v) is 2.43. The predicted octanol–water partition coefficient (Wildman–Crippen LogP) is 0.590. The van der Waals surface area contributed by atoms with Crippen molar-refractivity contribution in [2.45, 2.75) is 43.2 Å². The van der Waals surface area contributed by atoms with Gasteiger partial charge >= 0.3 is 5.97 Å². The molecule has 0 aromatic rings. The molecule has 4 nitrogen and oxygen atoms in total. The first-order chi connectivity index (χ1) is 6.60. The van der Waals surface area contributed by atoms with E-state index in [1.807, 2.05) is 0 Å². The molecule has 14 heavy (non-hydrogen) atoms. The SMILES string of the molecule is COC(=O)C1(N)CCOC2(CCC2)C1. The van der Waals surface area contributed by atoms with Crippen LogP contribution in [-0.2, 0) is 14.3 Å². The summed E-state index contributed by atoms with van der Waals surface area (Å²) in [5, 5.41) is 0. The Kier molecular flexibility index (Phi) is 2.27. The molecule has 0 aromatic carbocycles. The van der Waals surface area contributed by atoms with Crippen LogP contribution in [-0.4, -0.2) is 30.8 Å². The Labute approximate surface area is 83.7 Å². The Bertz CT molecular complexity index is 250. The van der Waals surface area contributed by atoms with Crippen LogP contribution in [0.1, 0.15) is 32.1 Å². The molecule has 1 unspecified atom stereocenters. The lowest BCUT2D eigenvalue weighted by Crippen LogP contribution is -2.61. The first kappa shape index (κ1) is 9.93. The van der Waals surface area contributed by atoms with Crippen molar-refractivity contribution in [2.75, 3.05) is 13.7 Å². The fourth-order valence-electron chi connectivity index (χ4n) is 2.43. The second-order valence-electron chi connectivity index (χ2n) is 4.46. The molecular weight excluding hydrogens is 182 g/mol. The molecule has 1 atom stereocenters. The second-order valence-corrected chi connectivity index (χ2v) is 4.46. The van der Waals surface area contributed by atoms with E-state index in [0.29, 0.717) is 19.4 Å². The van der Waals surface area contributed by atoms with Crippen molar-refractivity contribution in [1.29, 1.82) is 0 Å². The van der Waals surface area contributed by atoms with Crippen LogP contribution in [0.2, 0.25) is 0 Å². The van der Waals surface area contributed by atoms with Gasteiger partial charge in [0.2, 0.25) is 0 Å². The minimum absolute atomic E-state index is 0.110. The van der Waals surface area contributed by atoms with Crippen molar-refractivity contribution >= 4 is 5.97 Å². The lowest BCUT2D eigenvalue weighted by molar-refractivity contribution is -0.174. The van der Waals surface area contributed by atoms with E-state index in [4.69, 9.17) is 15.2 Å². The maximum atomic E-state index is 11.5. The summed E-state index contributed by atoms with van der Waals surface area (Å²) < 4.78 is 10.4. The summed E-state index contributed by atoms with van der Waals surface area (Å²) in [5.41, 5.74) is 5.12. The highest BCUT2D eigenvalue weighted by Crippen LogP contribution is 2.45. The van der Waals surface area contributed by atoms with Crippen molar-refractivity contribution in [3.8, 4) is 0 Å². The molecule has 1 saturated carbocycles. The summed E-state index contributed by atoms with van der Waals surface area (Å²) in [4.78, 5) is 11.5. The van der Waals surface area contributed by atoms with Crippen LogP contribution in [0.4, 0.5) is 0 Å². The number of carbonyl (C=O) groups is 1. The van der Waals surface area contributed by atoms with Gasteiger partial charge in [0.15, 0.2) is 0 Å². The summed E-state index contributed by atoms with van der Waals surface area (Å²) in [6.45, 7) is 0.575. The highest BCUT2D eigenvalue weighted by atomic mass is 16.5. The zero-order valence-corrected chi connectivity index (χ0v) is 8.54. The number of ether oxygens (including phenoxy) is 2. The Morgan fingerprint density at radius 3 is 2.64 bits per heavy atom. The van der Waals surface area contributed by atoms with Gasteiger partial charge < -0.3 is 15.2 Å². The maximum absolute atomic E-state index is 11.5. The van der Waals surface area contributed by atoms with Crippen LogP contribution in [0.3, 0.4) is 0 Å². The molecule has 2 fully saturated rings. The van der Waals surface area contributed by atoms with E-state index in [1.54, 1.807) is 0 Å². The molecule has 1 heterocycles. The maximum Gasteiger partial charge on any atom is 0.326 e. The highest BCUT2D eigenvalue weighted by Gasteiger charge is 2.51. The first-order valence-electron chi connectivity index (χ1n) is 5.12. The van der Waals surface area contributed by atoms with E-state index in [9.17, 15) is 4.79 Å². The lowest BCUT2D eigenvalue weighted by atomic mass is 9.69. The zero-order chi connectivity index (χ0) is 10.2. The van der Waals surface area contributed by atoms with Crippen LogP contribution < -0.4 is 5.73 Å². The summed E-state index contributed by atoms with van der Waals surface area (Å²) >= 11 is 0. The number of carbonyl (C=O) groups excluding carboxylic acids is 1. The van der Waals surface area contributed by atoms with Gasteiger partial charge in [-0.3, -0.25) is 4.79 Å². The number of esters is 1. The van der Waals surface area contributed by atoms with E-state index in [1.165, 1.54) is 13.5 Å². The third-order valence-electron chi connectivity index (χ3n) is 3.45. The van der Waals surface area contributed by atoms with E-state index >= 15 is 0 Å². The Morgan fingerprint density at radius 1 is 1.43 bits per heavy atom. The highest BCUT2D eigenvalue weighted by molar-refractivity contribution is 5.80. The summed E-state index contributed by atoms with van der Waals surface area (Å²) in [6.07, 6.45) is 4.43. The molecule has 1 aliphatic carbocycles. The molecular formula is C10H17NO3. The molecule has 0 bridgehead atoms. The summed E-state index contributed by atoms with van der Waals surface area (Å²) in [7, 11) is 1.39. The van der Waals surface area contributed by atoms with Gasteiger partial charge in [-0.15, -0.1) is 0 Å². The normalized spacial score (nSPS) is 35.0. The van der Waals surface area contributed by atoms with Crippen molar-refractivity contribution in [3.63, 3.8) is 0 Å². The topological polar surface area (TPSA) is 61.5 Å². The van der Waals surface area contributed by atoms with Gasteiger partial charge in [0, 0.05) is 13.0 Å². The summed E-state index contributed by atoms with van der Waals surface area (Å²) in [6, 6.07) is 0. The number of rotatable bonds is 1. The smallest absolute Gasteiger partial charge is 0.326 e. The van der Waals surface area contributed by atoms with Crippen LogP contribution in [0.15, 0.2) is 0 Å². The van der Waals surface area contributed by atoms with Gasteiger partial charge in [0.05, 0.1) is 12.7 Å². The van der Waals surface area contributed by atoms with E-state index < -0.39 is 5.54 Å². The van der Waals surface area contributed by atoms with Gasteiger partial charge in [0.1, 0.15) is 5.54 Å². The fraction of sp³-hybridized carbons (Fsp3) is 0.900.